The summed E-state index contributed by atoms with van der Waals surface area (Å²) in [5.74, 6) is 0.823. The Balaban J connectivity index is 1.55. The molecule has 11 heteroatoms. The number of anilines is 1. The molecular formula is C33H47N6O4S+. The van der Waals surface area contributed by atoms with E-state index in [1.54, 1.807) is 15.7 Å². The molecule has 1 aliphatic carbocycles. The van der Waals surface area contributed by atoms with Gasteiger partial charge >= 0.3 is 6.09 Å². The molecule has 2 aromatic heterocycles. The lowest BCUT2D eigenvalue weighted by molar-refractivity contribution is 0.0204. The average molecular weight is 624 g/mol. The van der Waals surface area contributed by atoms with Gasteiger partial charge in [0.1, 0.15) is 24.2 Å². The first kappa shape index (κ1) is 33.5. The van der Waals surface area contributed by atoms with E-state index in [-0.39, 0.29) is 46.6 Å². The molecule has 10 nitrogen and oxygen atoms in total. The number of rotatable bonds is 9. The Morgan fingerprint density at radius 2 is 1.91 bits per heavy atom. The summed E-state index contributed by atoms with van der Waals surface area (Å²) in [5.41, 5.74) is 3.31. The number of nitrogens with zero attached hydrogens (tertiary/aromatic N) is 5. The largest absolute Gasteiger partial charge is 0.444 e. The van der Waals surface area contributed by atoms with Gasteiger partial charge in [-0.3, -0.25) is 9.78 Å². The molecule has 0 saturated carbocycles. The molecule has 0 atom stereocenters. The number of likely N-dealkylation sites (tertiary alicyclic amines) is 1. The molecule has 0 spiro atoms. The topological polar surface area (TPSA) is 122 Å². The van der Waals surface area contributed by atoms with Crippen LogP contribution in [0.15, 0.2) is 24.4 Å². The van der Waals surface area contributed by atoms with Gasteiger partial charge in [-0.05, 0) is 86.9 Å². The summed E-state index contributed by atoms with van der Waals surface area (Å²) in [4.78, 5) is 37.3. The van der Waals surface area contributed by atoms with E-state index in [1.807, 2.05) is 39.0 Å². The van der Waals surface area contributed by atoms with E-state index in [0.717, 1.165) is 54.8 Å². The third-order valence-corrected chi connectivity index (χ3v) is 8.95. The molecule has 2 amide bonds. The number of hydrogen-bond acceptors (Lipinski definition) is 7. The monoisotopic (exact) mass is 623 g/mol. The summed E-state index contributed by atoms with van der Waals surface area (Å²) in [6.45, 7) is 12.1. The molecule has 1 N–H and O–H groups in total. The van der Waals surface area contributed by atoms with Crippen LogP contribution >= 0.6 is 0 Å². The van der Waals surface area contributed by atoms with Crippen LogP contribution in [0.4, 0.5) is 10.5 Å². The van der Waals surface area contributed by atoms with Crippen molar-refractivity contribution in [3.05, 3.63) is 47.3 Å². The van der Waals surface area contributed by atoms with E-state index in [2.05, 4.69) is 42.7 Å². The maximum atomic E-state index is 13.6. The maximum Gasteiger partial charge on any atom is 0.410 e. The lowest BCUT2D eigenvalue weighted by Crippen LogP contribution is -2.41. The predicted molar refractivity (Wildman–Crippen MR) is 175 cm³/mol. The molecule has 0 radical (unpaired) electrons. The van der Waals surface area contributed by atoms with Gasteiger partial charge in [0.25, 0.3) is 5.91 Å². The first-order chi connectivity index (χ1) is 20.7. The van der Waals surface area contributed by atoms with Crippen molar-refractivity contribution < 1.29 is 19.1 Å². The van der Waals surface area contributed by atoms with Gasteiger partial charge in [0.2, 0.25) is 5.82 Å². The van der Waals surface area contributed by atoms with Crippen LogP contribution in [-0.4, -0.2) is 75.0 Å². The molecule has 4 rings (SSSR count). The number of nitriles is 1. The van der Waals surface area contributed by atoms with E-state index >= 15 is 0 Å². The number of pyridine rings is 1. The van der Waals surface area contributed by atoms with Crippen molar-refractivity contribution in [2.75, 3.05) is 43.3 Å². The SMILES string of the molecule is C[S+](C)CCOCn1cc(C#N)nc1C(=O)Nc1ccc(C2CCN(C(=O)OC(C)(C)C)CC2)nc1C1=CCC(C)(C)CC1. The number of aromatic nitrogens is 3. The Hall–Kier alpha value is -3.36. The molecule has 2 aromatic rings. The summed E-state index contributed by atoms with van der Waals surface area (Å²) >= 11 is 0. The third kappa shape index (κ3) is 9.08. The van der Waals surface area contributed by atoms with Crippen molar-refractivity contribution in [1.82, 2.24) is 19.4 Å². The standard InChI is InChI=1S/C33H46N6O4S/c1-32(2,3)43-31(41)38-16-12-23(13-17-38)26-8-9-27(28(36-26)24-10-14-33(4,5)15-11-24)37-30(40)29-35-25(20-34)21-39(29)22-42-18-19-44(6)7/h8-10,21,23H,11-19,22H2,1-7H3/p+1. The Bertz CT molecular complexity index is 1410. The van der Waals surface area contributed by atoms with E-state index in [0.29, 0.717) is 25.4 Å². The van der Waals surface area contributed by atoms with Crippen LogP contribution in [0.2, 0.25) is 0 Å². The predicted octanol–water partition coefficient (Wildman–Crippen LogP) is 5.96. The summed E-state index contributed by atoms with van der Waals surface area (Å²) in [5, 5.41) is 12.5. The fourth-order valence-corrected chi connectivity index (χ4v) is 5.79. The minimum atomic E-state index is -0.526. The summed E-state index contributed by atoms with van der Waals surface area (Å²) < 4.78 is 12.9. The minimum Gasteiger partial charge on any atom is -0.444 e. The molecule has 0 bridgehead atoms. The van der Waals surface area contributed by atoms with Gasteiger partial charge in [0.15, 0.2) is 5.69 Å². The number of piperidine rings is 1. The van der Waals surface area contributed by atoms with E-state index in [1.165, 1.54) is 0 Å². The summed E-state index contributed by atoms with van der Waals surface area (Å²) in [6, 6.07) is 5.93. The number of allylic oxidation sites excluding steroid dienone is 2. The van der Waals surface area contributed by atoms with Gasteiger partial charge in [-0.1, -0.05) is 19.9 Å². The van der Waals surface area contributed by atoms with Gasteiger partial charge < -0.3 is 24.3 Å². The fourth-order valence-electron chi connectivity index (χ4n) is 5.34. The molecule has 0 unspecified atom stereocenters. The van der Waals surface area contributed by atoms with Crippen molar-refractivity contribution in [3.8, 4) is 6.07 Å². The first-order valence-electron chi connectivity index (χ1n) is 15.3. The Labute approximate surface area is 264 Å². The highest BCUT2D eigenvalue weighted by molar-refractivity contribution is 7.95. The van der Waals surface area contributed by atoms with Crippen molar-refractivity contribution in [2.24, 2.45) is 5.41 Å². The Kier molecular flexibility index (Phi) is 10.8. The van der Waals surface area contributed by atoms with Crippen LogP contribution in [0.1, 0.15) is 100 Å². The Morgan fingerprint density at radius 1 is 1.18 bits per heavy atom. The highest BCUT2D eigenvalue weighted by Crippen LogP contribution is 2.40. The third-order valence-electron chi connectivity index (χ3n) is 7.97. The molecule has 1 saturated heterocycles. The van der Waals surface area contributed by atoms with Crippen LogP contribution < -0.4 is 5.32 Å². The smallest absolute Gasteiger partial charge is 0.410 e. The molecule has 2 aliphatic rings. The highest BCUT2D eigenvalue weighted by atomic mass is 32.2. The summed E-state index contributed by atoms with van der Waals surface area (Å²) in [7, 11) is 0.250. The highest BCUT2D eigenvalue weighted by Gasteiger charge is 2.30. The van der Waals surface area contributed by atoms with Gasteiger partial charge in [0, 0.05) is 30.9 Å². The van der Waals surface area contributed by atoms with Crippen molar-refractivity contribution in [3.63, 3.8) is 0 Å². The van der Waals surface area contributed by atoms with E-state index < -0.39 is 11.5 Å². The second kappa shape index (κ2) is 14.2. The van der Waals surface area contributed by atoms with Gasteiger partial charge in [-0.2, -0.15) is 5.26 Å². The van der Waals surface area contributed by atoms with Gasteiger partial charge in [0.05, 0.1) is 30.5 Å². The van der Waals surface area contributed by atoms with Crippen LogP contribution in [-0.2, 0) is 27.1 Å². The van der Waals surface area contributed by atoms with Crippen LogP contribution in [0.5, 0.6) is 0 Å². The molecule has 44 heavy (non-hydrogen) atoms. The lowest BCUT2D eigenvalue weighted by Gasteiger charge is -2.33. The molecule has 238 valence electrons. The number of amides is 2. The molecule has 3 heterocycles. The number of carbonyl (C=O) groups excluding carboxylic acids is 2. The number of ether oxygens (including phenoxy) is 2. The van der Waals surface area contributed by atoms with Crippen molar-refractivity contribution in [1.29, 1.82) is 5.26 Å². The van der Waals surface area contributed by atoms with E-state index in [9.17, 15) is 14.9 Å². The molecule has 1 aliphatic heterocycles. The average Bonchev–Trinajstić information content (AvgIpc) is 3.38. The number of nitrogens with one attached hydrogen (secondary N) is 1. The van der Waals surface area contributed by atoms with Crippen molar-refractivity contribution in [2.45, 2.75) is 85.0 Å². The van der Waals surface area contributed by atoms with Gasteiger partial charge in [-0.25, -0.2) is 9.78 Å². The van der Waals surface area contributed by atoms with Gasteiger partial charge in [-0.15, -0.1) is 0 Å². The van der Waals surface area contributed by atoms with E-state index in [4.69, 9.17) is 14.5 Å². The minimum absolute atomic E-state index is 0.122. The Morgan fingerprint density at radius 3 is 2.52 bits per heavy atom. The normalized spacial score (nSPS) is 17.2. The first-order valence-corrected chi connectivity index (χ1v) is 17.5. The van der Waals surface area contributed by atoms with Crippen LogP contribution in [0, 0.1) is 16.7 Å². The second-order valence-electron chi connectivity index (χ2n) is 13.7. The van der Waals surface area contributed by atoms with Crippen molar-refractivity contribution >= 4 is 34.2 Å². The number of hydrogen-bond donors (Lipinski definition) is 1. The number of imidazole rings is 1. The second-order valence-corrected chi connectivity index (χ2v) is 16.1. The lowest BCUT2D eigenvalue weighted by atomic mass is 9.77. The zero-order chi connectivity index (χ0) is 32.1. The zero-order valence-electron chi connectivity index (χ0n) is 27.2. The summed E-state index contributed by atoms with van der Waals surface area (Å²) in [6.07, 6.45) is 12.2. The van der Waals surface area contributed by atoms with Crippen LogP contribution in [0.25, 0.3) is 5.57 Å². The molecule has 1 fully saturated rings. The number of carbonyl (C=O) groups is 2. The zero-order valence-corrected chi connectivity index (χ0v) is 28.1. The fraction of sp³-hybridized carbons (Fsp3) is 0.606. The molecule has 0 aromatic carbocycles. The molecular weight excluding hydrogens is 576 g/mol. The quantitative estimate of drug-likeness (QED) is 0.270. The maximum absolute atomic E-state index is 13.6. The van der Waals surface area contributed by atoms with Crippen LogP contribution in [0.3, 0.4) is 0 Å².